The van der Waals surface area contributed by atoms with E-state index in [1.54, 1.807) is 23.2 Å². The van der Waals surface area contributed by atoms with Gasteiger partial charge >= 0.3 is 6.18 Å². The number of carbonyl (C=O) groups excluding carboxylic acids is 2. The third-order valence-corrected chi connectivity index (χ3v) is 6.42. The minimum atomic E-state index is -4.76. The largest absolute Gasteiger partial charge is 0.433 e. The Labute approximate surface area is 187 Å². The number of hydrogen-bond acceptors (Lipinski definition) is 4. The third-order valence-electron chi connectivity index (χ3n) is 6.42. The van der Waals surface area contributed by atoms with Crippen molar-refractivity contribution in [2.45, 2.75) is 25.2 Å². The summed E-state index contributed by atoms with van der Waals surface area (Å²) in [5.74, 6) is -1.13. The second kappa shape index (κ2) is 7.16. The standard InChI is InChI=1S/C23H20F3N5O2/c1-14-5-7-15(8-6-14)22-12-18-16(4-3-9-27-18)20(32)30(22)10-11-31(22)21(33)17-13-28-29(2)19(17)23(24,25)26/h3-9,13H,10-12H2,1-2H3. The van der Waals surface area contributed by atoms with E-state index in [0.717, 1.165) is 18.8 Å². The monoisotopic (exact) mass is 455 g/mol. The molecule has 0 bridgehead atoms. The molecule has 7 nitrogen and oxygen atoms in total. The molecule has 5 rings (SSSR count). The van der Waals surface area contributed by atoms with Crippen molar-refractivity contribution in [2.75, 3.05) is 13.1 Å². The fraction of sp³-hybridized carbons (Fsp3) is 0.304. The van der Waals surface area contributed by atoms with Crippen LogP contribution in [0.2, 0.25) is 0 Å². The quantitative estimate of drug-likeness (QED) is 0.595. The Hall–Kier alpha value is -3.69. The number of carbonyl (C=O) groups is 2. The molecule has 10 heteroatoms. The Morgan fingerprint density at radius 3 is 2.55 bits per heavy atom. The summed E-state index contributed by atoms with van der Waals surface area (Å²) in [4.78, 5) is 34.4. The number of aryl methyl sites for hydroxylation is 2. The Balaban J connectivity index is 1.70. The molecule has 2 aliphatic heterocycles. The zero-order valence-electron chi connectivity index (χ0n) is 17.9. The van der Waals surface area contributed by atoms with E-state index < -0.39 is 29.0 Å². The predicted octanol–water partition coefficient (Wildman–Crippen LogP) is 3.15. The first-order valence-corrected chi connectivity index (χ1v) is 10.4. The van der Waals surface area contributed by atoms with Gasteiger partial charge in [-0.05, 0) is 24.6 Å². The molecule has 1 fully saturated rings. The third kappa shape index (κ3) is 3.04. The first kappa shape index (κ1) is 21.2. The van der Waals surface area contributed by atoms with Crippen molar-refractivity contribution in [3.05, 3.63) is 82.4 Å². The second-order valence-electron chi connectivity index (χ2n) is 8.30. The predicted molar refractivity (Wildman–Crippen MR) is 111 cm³/mol. The lowest BCUT2D eigenvalue weighted by atomic mass is 9.85. The molecule has 0 aliphatic carbocycles. The van der Waals surface area contributed by atoms with Crippen molar-refractivity contribution >= 4 is 11.8 Å². The first-order chi connectivity index (χ1) is 15.6. The number of aromatic nitrogens is 3. The molecule has 2 aromatic heterocycles. The number of rotatable bonds is 2. The molecule has 1 unspecified atom stereocenters. The van der Waals surface area contributed by atoms with Crippen LogP contribution in [0.3, 0.4) is 0 Å². The second-order valence-corrected chi connectivity index (χ2v) is 8.30. The molecule has 2 amide bonds. The van der Waals surface area contributed by atoms with Crippen LogP contribution in [0.1, 0.15) is 43.2 Å². The van der Waals surface area contributed by atoms with Gasteiger partial charge in [0.1, 0.15) is 5.66 Å². The van der Waals surface area contributed by atoms with Crippen LogP contribution in [-0.2, 0) is 25.3 Å². The first-order valence-electron chi connectivity index (χ1n) is 10.4. The summed E-state index contributed by atoms with van der Waals surface area (Å²) in [5, 5.41) is 3.69. The van der Waals surface area contributed by atoms with Gasteiger partial charge in [-0.3, -0.25) is 19.3 Å². The number of nitrogens with zero attached hydrogens (tertiary/aromatic N) is 5. The lowest BCUT2D eigenvalue weighted by Crippen LogP contribution is -2.58. The SMILES string of the molecule is Cc1ccc(C23Cc4ncccc4C(=O)N2CCN3C(=O)c2cnn(C)c2C(F)(F)F)cc1. The summed E-state index contributed by atoms with van der Waals surface area (Å²) < 4.78 is 41.9. The summed E-state index contributed by atoms with van der Waals surface area (Å²) >= 11 is 0. The number of benzene rings is 1. The molecule has 2 aliphatic rings. The average molecular weight is 455 g/mol. The Bertz CT molecular complexity index is 1270. The number of fused-ring (bicyclic) bond motifs is 2. The zero-order valence-corrected chi connectivity index (χ0v) is 17.9. The number of halogens is 3. The van der Waals surface area contributed by atoms with Crippen LogP contribution in [0.25, 0.3) is 0 Å². The fourth-order valence-corrected chi connectivity index (χ4v) is 4.91. The van der Waals surface area contributed by atoms with Crippen LogP contribution in [-0.4, -0.2) is 49.5 Å². The molecule has 4 heterocycles. The molecule has 1 atom stereocenters. The smallest absolute Gasteiger partial charge is 0.309 e. The van der Waals surface area contributed by atoms with Gasteiger partial charge in [-0.15, -0.1) is 0 Å². The Morgan fingerprint density at radius 1 is 1.12 bits per heavy atom. The van der Waals surface area contributed by atoms with Gasteiger partial charge in [-0.25, -0.2) is 0 Å². The molecular weight excluding hydrogens is 435 g/mol. The van der Waals surface area contributed by atoms with Crippen LogP contribution in [0, 0.1) is 6.92 Å². The normalized spacial score (nSPS) is 20.1. The van der Waals surface area contributed by atoms with Gasteiger partial charge in [0.05, 0.1) is 23.0 Å². The minimum Gasteiger partial charge on any atom is -0.309 e. The molecule has 1 aromatic carbocycles. The van der Waals surface area contributed by atoms with Gasteiger partial charge in [0.15, 0.2) is 5.69 Å². The van der Waals surface area contributed by atoms with Crippen molar-refractivity contribution in [1.82, 2.24) is 24.6 Å². The lowest BCUT2D eigenvalue weighted by Gasteiger charge is -2.47. The number of pyridine rings is 1. The molecule has 1 saturated heterocycles. The Morgan fingerprint density at radius 2 is 1.85 bits per heavy atom. The molecular formula is C23H20F3N5O2. The van der Waals surface area contributed by atoms with Crippen LogP contribution in [0.5, 0.6) is 0 Å². The van der Waals surface area contributed by atoms with E-state index in [2.05, 4.69) is 10.1 Å². The zero-order chi connectivity index (χ0) is 23.5. The van der Waals surface area contributed by atoms with E-state index in [4.69, 9.17) is 0 Å². The summed E-state index contributed by atoms with van der Waals surface area (Å²) in [6.45, 7) is 2.18. The maximum absolute atomic E-state index is 13.7. The number of hydrogen-bond donors (Lipinski definition) is 0. The van der Waals surface area contributed by atoms with Gasteiger partial charge in [0.25, 0.3) is 11.8 Å². The highest BCUT2D eigenvalue weighted by atomic mass is 19.4. The van der Waals surface area contributed by atoms with Gasteiger partial charge in [0.2, 0.25) is 0 Å². The van der Waals surface area contributed by atoms with Crippen LogP contribution in [0.4, 0.5) is 13.2 Å². The molecule has 0 saturated carbocycles. The van der Waals surface area contributed by atoms with Crippen molar-refractivity contribution in [3.8, 4) is 0 Å². The van der Waals surface area contributed by atoms with Gasteiger partial charge in [-0.2, -0.15) is 18.3 Å². The van der Waals surface area contributed by atoms with E-state index in [-0.39, 0.29) is 25.4 Å². The van der Waals surface area contributed by atoms with Crippen LogP contribution < -0.4 is 0 Å². The molecule has 0 radical (unpaired) electrons. The van der Waals surface area contributed by atoms with E-state index in [1.807, 2.05) is 31.2 Å². The van der Waals surface area contributed by atoms with Crippen LogP contribution >= 0.6 is 0 Å². The van der Waals surface area contributed by atoms with E-state index in [1.165, 1.54) is 4.90 Å². The van der Waals surface area contributed by atoms with Crippen molar-refractivity contribution < 1.29 is 22.8 Å². The molecule has 33 heavy (non-hydrogen) atoms. The summed E-state index contributed by atoms with van der Waals surface area (Å²) in [6.07, 6.45) is -2.09. The summed E-state index contributed by atoms with van der Waals surface area (Å²) in [5.41, 5.74) is -0.399. The maximum atomic E-state index is 13.7. The van der Waals surface area contributed by atoms with E-state index >= 15 is 0 Å². The highest BCUT2D eigenvalue weighted by molar-refractivity contribution is 6.00. The van der Waals surface area contributed by atoms with Crippen LogP contribution in [0.15, 0.2) is 48.8 Å². The van der Waals surface area contributed by atoms with E-state index in [9.17, 15) is 22.8 Å². The van der Waals surface area contributed by atoms with Gasteiger partial charge in [0, 0.05) is 32.8 Å². The molecule has 0 spiro atoms. The Kier molecular flexibility index (Phi) is 4.59. The molecule has 0 N–H and O–H groups in total. The van der Waals surface area contributed by atoms with Gasteiger partial charge < -0.3 is 9.80 Å². The van der Waals surface area contributed by atoms with E-state index in [0.29, 0.717) is 21.5 Å². The number of amides is 2. The average Bonchev–Trinajstić information content (AvgIpc) is 3.35. The highest BCUT2D eigenvalue weighted by Gasteiger charge is 2.57. The van der Waals surface area contributed by atoms with Crippen molar-refractivity contribution in [2.24, 2.45) is 7.05 Å². The van der Waals surface area contributed by atoms with Crippen molar-refractivity contribution in [3.63, 3.8) is 0 Å². The minimum absolute atomic E-state index is 0.0820. The van der Waals surface area contributed by atoms with Gasteiger partial charge in [-0.1, -0.05) is 29.8 Å². The van der Waals surface area contributed by atoms with Crippen molar-refractivity contribution in [1.29, 1.82) is 0 Å². The summed E-state index contributed by atoms with van der Waals surface area (Å²) in [7, 11) is 1.15. The fourth-order valence-electron chi connectivity index (χ4n) is 4.91. The number of alkyl halides is 3. The molecule has 170 valence electrons. The highest BCUT2D eigenvalue weighted by Crippen LogP contribution is 2.45. The topological polar surface area (TPSA) is 71.3 Å². The molecule has 3 aromatic rings. The maximum Gasteiger partial charge on any atom is 0.433 e. The summed E-state index contributed by atoms with van der Waals surface area (Å²) in [6, 6.07) is 10.7. The lowest BCUT2D eigenvalue weighted by molar-refractivity contribution is -0.144.